The Morgan fingerprint density at radius 1 is 1.50 bits per heavy atom. The minimum atomic E-state index is -3.64. The van der Waals surface area contributed by atoms with Crippen LogP contribution in [0.4, 0.5) is 10.1 Å². The van der Waals surface area contributed by atoms with Gasteiger partial charge < -0.3 is 10.5 Å². The summed E-state index contributed by atoms with van der Waals surface area (Å²) in [5.74, 6) is -0.621. The summed E-state index contributed by atoms with van der Waals surface area (Å²) in [6.45, 7) is 2.78. The van der Waals surface area contributed by atoms with Gasteiger partial charge in [0.25, 0.3) is 0 Å². The zero-order chi connectivity index (χ0) is 13.3. The average Bonchev–Trinajstić information content (AvgIpc) is 2.33. The van der Waals surface area contributed by atoms with Crippen LogP contribution in [-0.4, -0.2) is 38.5 Å². The van der Waals surface area contributed by atoms with Crippen molar-refractivity contribution in [3.8, 4) is 0 Å². The van der Waals surface area contributed by atoms with E-state index >= 15 is 0 Å². The van der Waals surface area contributed by atoms with Gasteiger partial charge in [-0.1, -0.05) is 0 Å². The molecule has 1 fully saturated rings. The van der Waals surface area contributed by atoms with Crippen LogP contribution in [-0.2, 0) is 14.8 Å². The smallest absolute Gasteiger partial charge is 0.243 e. The minimum absolute atomic E-state index is 0.00940. The first-order chi connectivity index (χ1) is 8.43. The lowest BCUT2D eigenvalue weighted by molar-refractivity contribution is 0.0393. The highest BCUT2D eigenvalue weighted by Gasteiger charge is 2.31. The molecule has 0 aliphatic carbocycles. The second kappa shape index (κ2) is 4.83. The number of rotatable bonds is 2. The number of nitrogens with two attached hydrogens (primary N) is 1. The molecule has 5 nitrogen and oxygen atoms in total. The fraction of sp³-hybridized carbons (Fsp3) is 0.455. The topological polar surface area (TPSA) is 72.6 Å². The first-order valence-electron chi connectivity index (χ1n) is 5.57. The second-order valence-electron chi connectivity index (χ2n) is 4.22. The number of morpholine rings is 1. The predicted octanol–water partition coefficient (Wildman–Crippen LogP) is 0.817. The van der Waals surface area contributed by atoms with Gasteiger partial charge in [0.05, 0.1) is 23.8 Å². The van der Waals surface area contributed by atoms with Crippen molar-refractivity contribution in [2.24, 2.45) is 0 Å². The summed E-state index contributed by atoms with van der Waals surface area (Å²) in [7, 11) is -3.64. The maximum atomic E-state index is 13.1. The standard InChI is InChI=1S/C11H15FN2O3S/c1-8-7-17-5-4-14(8)18(15,16)9-2-3-10(12)11(13)6-9/h2-3,6,8H,4-5,7,13H2,1H3. The van der Waals surface area contributed by atoms with Crippen LogP contribution in [0, 0.1) is 5.82 Å². The fourth-order valence-corrected chi connectivity index (χ4v) is 3.52. The van der Waals surface area contributed by atoms with Gasteiger partial charge in [-0.25, -0.2) is 12.8 Å². The zero-order valence-electron chi connectivity index (χ0n) is 9.97. The molecule has 0 amide bonds. The van der Waals surface area contributed by atoms with Crippen molar-refractivity contribution >= 4 is 15.7 Å². The first-order valence-corrected chi connectivity index (χ1v) is 7.01. The first kappa shape index (κ1) is 13.3. The molecule has 2 rings (SSSR count). The number of halogens is 1. The number of hydrogen-bond acceptors (Lipinski definition) is 4. The van der Waals surface area contributed by atoms with E-state index in [-0.39, 0.29) is 16.6 Å². The van der Waals surface area contributed by atoms with E-state index in [1.165, 1.54) is 10.4 Å². The highest BCUT2D eigenvalue weighted by Crippen LogP contribution is 2.23. The third-order valence-electron chi connectivity index (χ3n) is 2.88. The Bertz CT molecular complexity index is 547. The largest absolute Gasteiger partial charge is 0.396 e. The van der Waals surface area contributed by atoms with Crippen molar-refractivity contribution in [2.45, 2.75) is 17.9 Å². The van der Waals surface area contributed by atoms with E-state index in [1.54, 1.807) is 6.92 Å². The molecule has 0 bridgehead atoms. The van der Waals surface area contributed by atoms with Crippen LogP contribution in [0.5, 0.6) is 0 Å². The predicted molar refractivity (Wildman–Crippen MR) is 65.0 cm³/mol. The lowest BCUT2D eigenvalue weighted by Gasteiger charge is -2.32. The van der Waals surface area contributed by atoms with E-state index in [4.69, 9.17) is 10.5 Å². The molecule has 0 spiro atoms. The molecule has 1 saturated heterocycles. The number of anilines is 1. The molecule has 1 atom stereocenters. The van der Waals surface area contributed by atoms with E-state index in [0.29, 0.717) is 19.8 Å². The zero-order valence-corrected chi connectivity index (χ0v) is 10.8. The van der Waals surface area contributed by atoms with Gasteiger partial charge in [-0.2, -0.15) is 4.31 Å². The molecule has 100 valence electrons. The SMILES string of the molecule is CC1COCCN1S(=O)(=O)c1ccc(F)c(N)c1. The fourth-order valence-electron chi connectivity index (χ4n) is 1.89. The summed E-state index contributed by atoms with van der Waals surface area (Å²) in [5.41, 5.74) is 5.23. The van der Waals surface area contributed by atoms with E-state index in [9.17, 15) is 12.8 Å². The summed E-state index contributed by atoms with van der Waals surface area (Å²) >= 11 is 0. The molecular formula is C11H15FN2O3S. The van der Waals surface area contributed by atoms with E-state index < -0.39 is 15.8 Å². The maximum Gasteiger partial charge on any atom is 0.243 e. The van der Waals surface area contributed by atoms with Gasteiger partial charge in [0, 0.05) is 12.6 Å². The molecule has 1 aliphatic rings. The number of hydrogen-bond donors (Lipinski definition) is 1. The van der Waals surface area contributed by atoms with Gasteiger partial charge in [-0.05, 0) is 25.1 Å². The lowest BCUT2D eigenvalue weighted by atomic mass is 10.3. The van der Waals surface area contributed by atoms with Gasteiger partial charge >= 0.3 is 0 Å². The third-order valence-corrected chi connectivity index (χ3v) is 4.89. The number of ether oxygens (including phenoxy) is 1. The van der Waals surface area contributed by atoms with Crippen molar-refractivity contribution in [2.75, 3.05) is 25.5 Å². The van der Waals surface area contributed by atoms with Crippen molar-refractivity contribution < 1.29 is 17.5 Å². The third kappa shape index (κ3) is 2.33. The van der Waals surface area contributed by atoms with Crippen LogP contribution in [0.2, 0.25) is 0 Å². The molecule has 1 aromatic carbocycles. The van der Waals surface area contributed by atoms with Crippen LogP contribution < -0.4 is 5.73 Å². The van der Waals surface area contributed by atoms with Crippen LogP contribution in [0.25, 0.3) is 0 Å². The summed E-state index contributed by atoms with van der Waals surface area (Å²) in [6, 6.07) is 3.19. The van der Waals surface area contributed by atoms with Crippen LogP contribution in [0.15, 0.2) is 23.1 Å². The molecule has 1 heterocycles. The molecule has 0 saturated carbocycles. The minimum Gasteiger partial charge on any atom is -0.396 e. The van der Waals surface area contributed by atoms with Crippen molar-refractivity contribution in [3.05, 3.63) is 24.0 Å². The van der Waals surface area contributed by atoms with E-state index in [2.05, 4.69) is 0 Å². The van der Waals surface area contributed by atoms with Crippen molar-refractivity contribution in [1.29, 1.82) is 0 Å². The Morgan fingerprint density at radius 2 is 2.22 bits per heavy atom. The molecule has 1 aromatic rings. The maximum absolute atomic E-state index is 13.1. The monoisotopic (exact) mass is 274 g/mol. The summed E-state index contributed by atoms with van der Waals surface area (Å²) < 4.78 is 44.3. The van der Waals surface area contributed by atoms with E-state index in [0.717, 1.165) is 12.1 Å². The average molecular weight is 274 g/mol. The molecule has 1 unspecified atom stereocenters. The molecule has 0 radical (unpaired) electrons. The Morgan fingerprint density at radius 3 is 2.83 bits per heavy atom. The summed E-state index contributed by atoms with van der Waals surface area (Å²) in [6.07, 6.45) is 0. The number of nitrogen functional groups attached to an aromatic ring is 1. The molecule has 7 heteroatoms. The van der Waals surface area contributed by atoms with Gasteiger partial charge in [0.15, 0.2) is 0 Å². The van der Waals surface area contributed by atoms with Gasteiger partial charge in [0.1, 0.15) is 5.82 Å². The molecule has 0 aromatic heterocycles. The van der Waals surface area contributed by atoms with Crippen LogP contribution >= 0.6 is 0 Å². The van der Waals surface area contributed by atoms with Crippen molar-refractivity contribution in [1.82, 2.24) is 4.31 Å². The quantitative estimate of drug-likeness (QED) is 0.810. The molecular weight excluding hydrogens is 259 g/mol. The van der Waals surface area contributed by atoms with E-state index in [1.807, 2.05) is 0 Å². The van der Waals surface area contributed by atoms with Crippen LogP contribution in [0.1, 0.15) is 6.92 Å². The molecule has 18 heavy (non-hydrogen) atoms. The normalized spacial score (nSPS) is 22.0. The molecule has 2 N–H and O–H groups in total. The van der Waals surface area contributed by atoms with Gasteiger partial charge in [-0.3, -0.25) is 0 Å². The number of nitrogens with zero attached hydrogens (tertiary/aromatic N) is 1. The Balaban J connectivity index is 2.37. The Hall–Kier alpha value is -1.18. The lowest BCUT2D eigenvalue weighted by Crippen LogP contribution is -2.46. The van der Waals surface area contributed by atoms with Crippen LogP contribution in [0.3, 0.4) is 0 Å². The Labute approximate surface area is 105 Å². The van der Waals surface area contributed by atoms with Gasteiger partial charge in [-0.15, -0.1) is 0 Å². The highest BCUT2D eigenvalue weighted by molar-refractivity contribution is 7.89. The number of sulfonamides is 1. The highest BCUT2D eigenvalue weighted by atomic mass is 32.2. The number of benzene rings is 1. The summed E-state index contributed by atoms with van der Waals surface area (Å²) in [4.78, 5) is 0.00940. The van der Waals surface area contributed by atoms with Crippen molar-refractivity contribution in [3.63, 3.8) is 0 Å². The van der Waals surface area contributed by atoms with Gasteiger partial charge in [0.2, 0.25) is 10.0 Å². The summed E-state index contributed by atoms with van der Waals surface area (Å²) in [5, 5.41) is 0. The second-order valence-corrected chi connectivity index (χ2v) is 6.11. The molecule has 1 aliphatic heterocycles. The Kier molecular flexibility index (Phi) is 3.56.